The van der Waals surface area contributed by atoms with Crippen molar-refractivity contribution in [3.63, 3.8) is 0 Å². The fourth-order valence-electron chi connectivity index (χ4n) is 5.69. The van der Waals surface area contributed by atoms with Crippen molar-refractivity contribution in [1.82, 2.24) is 19.6 Å². The molecule has 0 spiro atoms. The van der Waals surface area contributed by atoms with Gasteiger partial charge < -0.3 is 46.2 Å². The first kappa shape index (κ1) is 40.1. The number of nitrogens with zero attached hydrogens (tertiary/aromatic N) is 4. The van der Waals surface area contributed by atoms with Crippen molar-refractivity contribution in [2.45, 2.75) is 79.3 Å². The van der Waals surface area contributed by atoms with Crippen molar-refractivity contribution in [3.05, 3.63) is 0 Å². The number of hydrogen-bond donors (Lipinski definition) is 0. The van der Waals surface area contributed by atoms with Crippen LogP contribution in [0.2, 0.25) is 12.1 Å². The average molecular weight is 637 g/mol. The summed E-state index contributed by atoms with van der Waals surface area (Å²) in [7, 11) is -0.623. The van der Waals surface area contributed by atoms with Gasteiger partial charge in [-0.25, -0.2) is 0 Å². The van der Waals surface area contributed by atoms with E-state index in [1.165, 1.54) is 12.8 Å². The molecule has 0 aliphatic carbocycles. The first-order valence-electron chi connectivity index (χ1n) is 17.0. The van der Waals surface area contributed by atoms with Crippen molar-refractivity contribution >= 4 is 17.6 Å². The zero-order chi connectivity index (χ0) is 31.1. The van der Waals surface area contributed by atoms with E-state index in [1.807, 2.05) is 41.5 Å². The van der Waals surface area contributed by atoms with Gasteiger partial charge in [0.05, 0.1) is 0 Å². The minimum atomic E-state index is -2.58. The monoisotopic (exact) mass is 636 g/mol. The average Bonchev–Trinajstić information content (AvgIpc) is 2.94. The zero-order valence-electron chi connectivity index (χ0n) is 28.8. The van der Waals surface area contributed by atoms with Gasteiger partial charge in [-0.05, 0) is 121 Å². The second-order valence-electron chi connectivity index (χ2n) is 11.2. The van der Waals surface area contributed by atoms with Crippen LogP contribution in [0.1, 0.15) is 67.2 Å². The summed E-state index contributed by atoms with van der Waals surface area (Å²) in [4.78, 5) is 10.3. The molecule has 0 radical (unpaired) electrons. The maximum atomic E-state index is 6.09. The van der Waals surface area contributed by atoms with Gasteiger partial charge in [-0.15, -0.1) is 0 Å². The summed E-state index contributed by atoms with van der Waals surface area (Å²) in [5.41, 5.74) is 0. The van der Waals surface area contributed by atoms with E-state index < -0.39 is 17.6 Å². The van der Waals surface area contributed by atoms with Gasteiger partial charge in [-0.1, -0.05) is 0 Å². The smallest absolute Gasteiger partial charge is 0.374 e. The summed E-state index contributed by atoms with van der Waals surface area (Å²) in [5, 5.41) is 0. The molecule has 0 amide bonds. The SMILES string of the molecule is CCO[Si](CCCN1CCCN(C)CCN(CCC[Si](OCC)(OCC)OCC)CCCN(C)CC1)(OCC)OCC. The van der Waals surface area contributed by atoms with E-state index in [0.717, 1.165) is 90.4 Å². The van der Waals surface area contributed by atoms with Crippen molar-refractivity contribution in [3.8, 4) is 0 Å². The molecule has 0 bridgehead atoms. The van der Waals surface area contributed by atoms with E-state index in [2.05, 4.69) is 33.7 Å². The summed E-state index contributed by atoms with van der Waals surface area (Å²) in [6.07, 6.45) is 4.44. The Morgan fingerprint density at radius 3 is 1.02 bits per heavy atom. The van der Waals surface area contributed by atoms with E-state index in [1.54, 1.807) is 0 Å². The Labute approximate surface area is 262 Å². The topological polar surface area (TPSA) is 68.3 Å². The highest BCUT2D eigenvalue weighted by molar-refractivity contribution is 6.61. The lowest BCUT2D eigenvalue weighted by molar-refractivity contribution is 0.0687. The molecule has 1 heterocycles. The Morgan fingerprint density at radius 2 is 0.738 bits per heavy atom. The zero-order valence-corrected chi connectivity index (χ0v) is 30.8. The Bertz CT molecular complexity index is 557. The van der Waals surface area contributed by atoms with Crippen LogP contribution < -0.4 is 0 Å². The first-order chi connectivity index (χ1) is 20.3. The second-order valence-corrected chi connectivity index (χ2v) is 16.6. The van der Waals surface area contributed by atoms with Crippen LogP contribution in [0.5, 0.6) is 0 Å². The summed E-state index contributed by atoms with van der Waals surface area (Å²) in [6, 6.07) is 1.77. The van der Waals surface area contributed by atoms with E-state index in [-0.39, 0.29) is 0 Å². The maximum Gasteiger partial charge on any atom is 0.500 e. The molecule has 1 rings (SSSR count). The van der Waals surface area contributed by atoms with Crippen LogP contribution in [-0.4, -0.2) is 156 Å². The predicted molar refractivity (Wildman–Crippen MR) is 177 cm³/mol. The van der Waals surface area contributed by atoms with Crippen LogP contribution in [0.25, 0.3) is 0 Å². The molecular formula is C30H68N4O6Si2. The number of hydrogen-bond acceptors (Lipinski definition) is 10. The van der Waals surface area contributed by atoms with Crippen molar-refractivity contribution in [2.75, 3.05) is 119 Å². The van der Waals surface area contributed by atoms with Gasteiger partial charge in [-0.2, -0.15) is 0 Å². The fourth-order valence-corrected chi connectivity index (χ4v) is 10.9. The molecule has 10 nitrogen and oxygen atoms in total. The van der Waals surface area contributed by atoms with E-state index in [9.17, 15) is 0 Å². The molecule has 1 fully saturated rings. The minimum Gasteiger partial charge on any atom is -0.374 e. The normalized spacial score (nSPS) is 18.9. The van der Waals surface area contributed by atoms with Crippen LogP contribution >= 0.6 is 0 Å². The maximum absolute atomic E-state index is 6.09. The van der Waals surface area contributed by atoms with Gasteiger partial charge in [-0.3, -0.25) is 0 Å². The standard InChI is InChI=1S/C30H68N4O6Si2/c1-9-35-41(36-10-2,37-11-3)29-17-23-33-21-15-19-32(8)26-28-34(22-16-20-31(7)25-27-33)24-18-30-42(38-12-4,39-13-5)40-14-6/h9-30H2,1-8H3. The first-order valence-corrected chi connectivity index (χ1v) is 20.8. The predicted octanol–water partition coefficient (Wildman–Crippen LogP) is 4.12. The molecule has 1 aliphatic rings. The van der Waals surface area contributed by atoms with Crippen LogP contribution in [0, 0.1) is 0 Å². The van der Waals surface area contributed by atoms with Crippen LogP contribution in [0.4, 0.5) is 0 Å². The molecule has 0 N–H and O–H groups in total. The summed E-state index contributed by atoms with van der Waals surface area (Å²) in [6.45, 7) is 27.0. The van der Waals surface area contributed by atoms with Gasteiger partial charge in [0.25, 0.3) is 0 Å². The van der Waals surface area contributed by atoms with Gasteiger partial charge >= 0.3 is 17.6 Å². The van der Waals surface area contributed by atoms with Gasteiger partial charge in [0, 0.05) is 77.9 Å². The fraction of sp³-hybridized carbons (Fsp3) is 1.00. The third-order valence-electron chi connectivity index (χ3n) is 7.72. The lowest BCUT2D eigenvalue weighted by Crippen LogP contribution is -2.47. The van der Waals surface area contributed by atoms with Crippen molar-refractivity contribution < 1.29 is 26.6 Å². The molecular weight excluding hydrogens is 569 g/mol. The third kappa shape index (κ3) is 16.9. The van der Waals surface area contributed by atoms with Crippen molar-refractivity contribution in [1.29, 1.82) is 0 Å². The number of likely N-dealkylation sites (N-methyl/N-ethyl adjacent to an activating group) is 2. The lowest BCUT2D eigenvalue weighted by atomic mass is 10.2. The highest BCUT2D eigenvalue weighted by Crippen LogP contribution is 2.20. The Balaban J connectivity index is 2.67. The molecule has 12 heteroatoms. The molecule has 1 saturated heterocycles. The van der Waals surface area contributed by atoms with E-state index >= 15 is 0 Å². The lowest BCUT2D eigenvalue weighted by Gasteiger charge is -2.32. The quantitative estimate of drug-likeness (QED) is 0.182. The Hall–Kier alpha value is 0.0338. The van der Waals surface area contributed by atoms with Gasteiger partial charge in [0.2, 0.25) is 0 Å². The molecule has 0 atom stereocenters. The largest absolute Gasteiger partial charge is 0.500 e. The second kappa shape index (κ2) is 24.3. The van der Waals surface area contributed by atoms with E-state index in [0.29, 0.717) is 39.6 Å². The van der Waals surface area contributed by atoms with Gasteiger partial charge in [0.1, 0.15) is 0 Å². The minimum absolute atomic E-state index is 0.640. The highest BCUT2D eigenvalue weighted by Gasteiger charge is 2.40. The molecule has 0 saturated carbocycles. The number of rotatable bonds is 20. The molecule has 1 aliphatic heterocycles. The van der Waals surface area contributed by atoms with Crippen LogP contribution in [-0.2, 0) is 26.6 Å². The summed E-state index contributed by atoms with van der Waals surface area (Å²) < 4.78 is 36.5. The molecule has 42 heavy (non-hydrogen) atoms. The molecule has 252 valence electrons. The van der Waals surface area contributed by atoms with Gasteiger partial charge in [0.15, 0.2) is 0 Å². The molecule has 0 unspecified atom stereocenters. The summed E-state index contributed by atoms with van der Waals surface area (Å²) >= 11 is 0. The molecule has 0 aromatic carbocycles. The van der Waals surface area contributed by atoms with Crippen LogP contribution in [0.3, 0.4) is 0 Å². The Morgan fingerprint density at radius 1 is 0.429 bits per heavy atom. The highest BCUT2D eigenvalue weighted by atomic mass is 28.4. The summed E-state index contributed by atoms with van der Waals surface area (Å²) in [5.74, 6) is 0. The van der Waals surface area contributed by atoms with Crippen molar-refractivity contribution in [2.24, 2.45) is 0 Å². The molecule has 0 aromatic heterocycles. The van der Waals surface area contributed by atoms with Crippen LogP contribution in [0.15, 0.2) is 0 Å². The third-order valence-corrected chi connectivity index (χ3v) is 14.0. The Kier molecular flexibility index (Phi) is 23.2. The van der Waals surface area contributed by atoms with E-state index in [4.69, 9.17) is 26.6 Å². The molecule has 0 aromatic rings.